The fraction of sp³-hybridized carbons (Fsp3) is 0.158. The molecule has 1 heterocycles. The molecule has 0 aliphatic rings. The average molecular weight is 321 g/mol. The van der Waals surface area contributed by atoms with Gasteiger partial charge in [-0.05, 0) is 42.0 Å². The molecular weight excluding hydrogens is 302 g/mol. The molecule has 0 spiro atoms. The number of rotatable bonds is 5. The van der Waals surface area contributed by atoms with E-state index in [0.717, 1.165) is 28.4 Å². The van der Waals surface area contributed by atoms with Gasteiger partial charge in [-0.15, -0.1) is 0 Å². The molecule has 0 radical (unpaired) electrons. The van der Waals surface area contributed by atoms with Gasteiger partial charge in [0.2, 0.25) is 5.91 Å². The second-order valence-corrected chi connectivity index (χ2v) is 5.49. The zero-order valence-electron chi connectivity index (χ0n) is 13.7. The van der Waals surface area contributed by atoms with Crippen molar-refractivity contribution in [3.8, 4) is 17.1 Å². The van der Waals surface area contributed by atoms with Crippen molar-refractivity contribution in [2.45, 2.75) is 13.5 Å². The topological polar surface area (TPSA) is 56.1 Å². The van der Waals surface area contributed by atoms with Gasteiger partial charge in [-0.1, -0.05) is 12.1 Å². The Balaban J connectivity index is 1.83. The minimum atomic E-state index is -0.0812. The molecule has 122 valence electrons. The molecular formula is C19H19N3O2. The first-order valence-corrected chi connectivity index (χ1v) is 7.68. The number of hydrogen-bond donors (Lipinski definition) is 1. The Hall–Kier alpha value is -3.08. The van der Waals surface area contributed by atoms with Gasteiger partial charge in [0, 0.05) is 37.1 Å². The monoisotopic (exact) mass is 321 g/mol. The van der Waals surface area contributed by atoms with Crippen LogP contribution in [0.15, 0.2) is 60.9 Å². The number of nitrogens with zero attached hydrogens (tertiary/aromatic N) is 2. The van der Waals surface area contributed by atoms with Crippen molar-refractivity contribution in [1.29, 1.82) is 0 Å². The van der Waals surface area contributed by atoms with E-state index in [-0.39, 0.29) is 5.91 Å². The van der Waals surface area contributed by atoms with Gasteiger partial charge in [0.1, 0.15) is 11.6 Å². The lowest BCUT2D eigenvalue weighted by Crippen LogP contribution is -2.05. The Morgan fingerprint density at radius 1 is 1.21 bits per heavy atom. The molecule has 2 aromatic carbocycles. The fourth-order valence-electron chi connectivity index (χ4n) is 2.57. The van der Waals surface area contributed by atoms with Crippen molar-refractivity contribution in [2.75, 3.05) is 12.4 Å². The SMILES string of the molecule is COc1cccc(Cn2ccnc2-c2ccc(NC(C)=O)cc2)c1. The molecule has 5 heteroatoms. The molecule has 0 saturated heterocycles. The molecule has 1 amide bonds. The van der Waals surface area contributed by atoms with Crippen molar-refractivity contribution >= 4 is 11.6 Å². The number of carbonyl (C=O) groups excluding carboxylic acids is 1. The highest BCUT2D eigenvalue weighted by molar-refractivity contribution is 5.88. The molecule has 0 fully saturated rings. The Kier molecular flexibility index (Phi) is 4.61. The predicted octanol–water partition coefficient (Wildman–Crippen LogP) is 3.57. The van der Waals surface area contributed by atoms with Gasteiger partial charge >= 0.3 is 0 Å². The number of carbonyl (C=O) groups is 1. The molecule has 1 aromatic heterocycles. The summed E-state index contributed by atoms with van der Waals surface area (Å²) in [6.45, 7) is 2.20. The number of methoxy groups -OCH3 is 1. The van der Waals surface area contributed by atoms with Crippen molar-refractivity contribution < 1.29 is 9.53 Å². The molecule has 24 heavy (non-hydrogen) atoms. The Morgan fingerprint density at radius 3 is 2.71 bits per heavy atom. The van der Waals surface area contributed by atoms with Crippen LogP contribution in [0.5, 0.6) is 5.75 Å². The van der Waals surface area contributed by atoms with Crippen LogP contribution in [0.2, 0.25) is 0 Å². The minimum absolute atomic E-state index is 0.0812. The lowest BCUT2D eigenvalue weighted by molar-refractivity contribution is -0.114. The second kappa shape index (κ2) is 7.00. The lowest BCUT2D eigenvalue weighted by atomic mass is 10.1. The maximum Gasteiger partial charge on any atom is 0.221 e. The molecule has 0 atom stereocenters. The third-order valence-corrected chi connectivity index (χ3v) is 3.67. The van der Waals surface area contributed by atoms with Gasteiger partial charge in [0.05, 0.1) is 7.11 Å². The number of anilines is 1. The quantitative estimate of drug-likeness (QED) is 0.781. The maximum absolute atomic E-state index is 11.1. The summed E-state index contributed by atoms with van der Waals surface area (Å²) in [5.41, 5.74) is 2.91. The van der Waals surface area contributed by atoms with Gasteiger partial charge in [-0.3, -0.25) is 4.79 Å². The largest absolute Gasteiger partial charge is 0.497 e. The number of aromatic nitrogens is 2. The molecule has 3 rings (SSSR count). The number of imidazole rings is 1. The molecule has 0 aliphatic heterocycles. The van der Waals surface area contributed by atoms with Gasteiger partial charge in [-0.2, -0.15) is 0 Å². The smallest absolute Gasteiger partial charge is 0.221 e. The third kappa shape index (κ3) is 3.63. The Labute approximate surface area is 140 Å². The van der Waals surface area contributed by atoms with Crippen molar-refractivity contribution in [1.82, 2.24) is 9.55 Å². The highest BCUT2D eigenvalue weighted by Crippen LogP contribution is 2.22. The number of nitrogens with one attached hydrogen (secondary N) is 1. The Bertz CT molecular complexity index is 838. The molecule has 0 bridgehead atoms. The number of benzene rings is 2. The van der Waals surface area contributed by atoms with Gasteiger partial charge < -0.3 is 14.6 Å². The number of amides is 1. The van der Waals surface area contributed by atoms with Crippen molar-refractivity contribution in [2.24, 2.45) is 0 Å². The summed E-state index contributed by atoms with van der Waals surface area (Å²) in [6.07, 6.45) is 3.74. The minimum Gasteiger partial charge on any atom is -0.497 e. The lowest BCUT2D eigenvalue weighted by Gasteiger charge is -2.10. The van der Waals surface area contributed by atoms with Crippen LogP contribution in [0, 0.1) is 0 Å². The first-order chi connectivity index (χ1) is 11.7. The fourth-order valence-corrected chi connectivity index (χ4v) is 2.57. The van der Waals surface area contributed by atoms with Crippen molar-refractivity contribution in [3.05, 3.63) is 66.5 Å². The van der Waals surface area contributed by atoms with E-state index < -0.39 is 0 Å². The maximum atomic E-state index is 11.1. The summed E-state index contributed by atoms with van der Waals surface area (Å²) in [4.78, 5) is 15.6. The van der Waals surface area contributed by atoms with Crippen LogP contribution in [0.3, 0.4) is 0 Å². The van der Waals surface area contributed by atoms with Gasteiger partial charge in [0.25, 0.3) is 0 Å². The second-order valence-electron chi connectivity index (χ2n) is 5.49. The predicted molar refractivity (Wildman–Crippen MR) is 94.1 cm³/mol. The summed E-state index contributed by atoms with van der Waals surface area (Å²) in [6, 6.07) is 15.6. The summed E-state index contributed by atoms with van der Waals surface area (Å²) in [5, 5.41) is 2.76. The summed E-state index contributed by atoms with van der Waals surface area (Å²) >= 11 is 0. The summed E-state index contributed by atoms with van der Waals surface area (Å²) < 4.78 is 7.36. The van der Waals surface area contributed by atoms with Crippen LogP contribution in [-0.2, 0) is 11.3 Å². The van der Waals surface area contributed by atoms with Crippen LogP contribution in [0.1, 0.15) is 12.5 Å². The third-order valence-electron chi connectivity index (χ3n) is 3.67. The van der Waals surface area contributed by atoms with E-state index in [9.17, 15) is 4.79 Å². The molecule has 0 aliphatic carbocycles. The highest BCUT2D eigenvalue weighted by Gasteiger charge is 2.07. The molecule has 0 saturated carbocycles. The molecule has 5 nitrogen and oxygen atoms in total. The van der Waals surface area contributed by atoms with Crippen LogP contribution < -0.4 is 10.1 Å². The number of ether oxygens (including phenoxy) is 1. The standard InChI is InChI=1S/C19H19N3O2/c1-14(23)21-17-8-6-16(7-9-17)19-20-10-11-22(19)13-15-4-3-5-18(12-15)24-2/h3-12H,13H2,1-2H3,(H,21,23). The van der Waals surface area contributed by atoms with E-state index in [1.807, 2.05) is 48.7 Å². The van der Waals surface area contributed by atoms with E-state index in [1.165, 1.54) is 6.92 Å². The average Bonchev–Trinajstić information content (AvgIpc) is 3.03. The highest BCUT2D eigenvalue weighted by atomic mass is 16.5. The normalized spacial score (nSPS) is 10.4. The van der Waals surface area contributed by atoms with Crippen molar-refractivity contribution in [3.63, 3.8) is 0 Å². The summed E-state index contributed by atoms with van der Waals surface area (Å²) in [5.74, 6) is 1.64. The summed E-state index contributed by atoms with van der Waals surface area (Å²) in [7, 11) is 1.67. The van der Waals surface area contributed by atoms with Crippen LogP contribution >= 0.6 is 0 Å². The first kappa shape index (κ1) is 15.8. The van der Waals surface area contributed by atoms with Gasteiger partial charge in [-0.25, -0.2) is 4.98 Å². The van der Waals surface area contributed by atoms with E-state index in [4.69, 9.17) is 4.74 Å². The van der Waals surface area contributed by atoms with Crippen LogP contribution in [-0.4, -0.2) is 22.6 Å². The van der Waals surface area contributed by atoms with E-state index in [2.05, 4.69) is 20.9 Å². The zero-order chi connectivity index (χ0) is 16.9. The van der Waals surface area contributed by atoms with Gasteiger partial charge in [0.15, 0.2) is 0 Å². The molecule has 0 unspecified atom stereocenters. The zero-order valence-corrected chi connectivity index (χ0v) is 13.7. The van der Waals surface area contributed by atoms with E-state index >= 15 is 0 Å². The molecule has 3 aromatic rings. The van der Waals surface area contributed by atoms with Crippen LogP contribution in [0.25, 0.3) is 11.4 Å². The first-order valence-electron chi connectivity index (χ1n) is 7.68. The molecule has 1 N–H and O–H groups in total. The van der Waals surface area contributed by atoms with Crippen LogP contribution in [0.4, 0.5) is 5.69 Å². The van der Waals surface area contributed by atoms with E-state index in [1.54, 1.807) is 13.3 Å². The number of hydrogen-bond acceptors (Lipinski definition) is 3. The van der Waals surface area contributed by atoms with E-state index in [0.29, 0.717) is 6.54 Å². The Morgan fingerprint density at radius 2 is 2.00 bits per heavy atom.